The first-order valence-corrected chi connectivity index (χ1v) is 10.9. The lowest BCUT2D eigenvalue weighted by molar-refractivity contribution is 0.109. The van der Waals surface area contributed by atoms with Gasteiger partial charge in [0.1, 0.15) is 17.6 Å². The van der Waals surface area contributed by atoms with E-state index in [1.807, 2.05) is 24.3 Å². The highest BCUT2D eigenvalue weighted by atomic mass is 16.5. The van der Waals surface area contributed by atoms with Gasteiger partial charge in [-0.2, -0.15) is 5.26 Å². The third-order valence-corrected chi connectivity index (χ3v) is 6.25. The zero-order valence-electron chi connectivity index (χ0n) is 18.7. The van der Waals surface area contributed by atoms with E-state index in [4.69, 9.17) is 14.5 Å². The second-order valence-electron chi connectivity index (χ2n) is 8.43. The number of amides is 1. The SMILES string of the molecule is COc1ccc(C2CN(c3nc(C(C)C)c4c(c3C#N)CCOC4)CCN2C(=O)O)cc1. The Labute approximate surface area is 188 Å². The Bertz CT molecular complexity index is 1050. The summed E-state index contributed by atoms with van der Waals surface area (Å²) in [7, 11) is 1.60. The maximum Gasteiger partial charge on any atom is 0.407 e. The predicted molar refractivity (Wildman–Crippen MR) is 119 cm³/mol. The molecule has 2 aromatic rings. The first kappa shape index (κ1) is 21.9. The van der Waals surface area contributed by atoms with Crippen LogP contribution in [0.5, 0.6) is 5.75 Å². The number of nitrogens with zero attached hydrogens (tertiary/aromatic N) is 4. The first-order chi connectivity index (χ1) is 15.4. The number of hydrogen-bond acceptors (Lipinski definition) is 6. The lowest BCUT2D eigenvalue weighted by atomic mass is 9.92. The molecule has 2 aliphatic heterocycles. The normalized spacial score (nSPS) is 18.3. The summed E-state index contributed by atoms with van der Waals surface area (Å²) in [5.74, 6) is 1.56. The van der Waals surface area contributed by atoms with Crippen molar-refractivity contribution >= 4 is 11.9 Å². The van der Waals surface area contributed by atoms with Crippen LogP contribution in [0.4, 0.5) is 10.6 Å². The van der Waals surface area contributed by atoms with Crippen LogP contribution < -0.4 is 9.64 Å². The van der Waals surface area contributed by atoms with Gasteiger partial charge in [0.15, 0.2) is 0 Å². The minimum atomic E-state index is -0.954. The molecule has 1 atom stereocenters. The minimum absolute atomic E-state index is 0.189. The van der Waals surface area contributed by atoms with E-state index in [0.29, 0.717) is 50.7 Å². The van der Waals surface area contributed by atoms with Gasteiger partial charge >= 0.3 is 6.09 Å². The summed E-state index contributed by atoms with van der Waals surface area (Å²) >= 11 is 0. The molecule has 8 nitrogen and oxygen atoms in total. The van der Waals surface area contributed by atoms with E-state index in [0.717, 1.165) is 28.1 Å². The largest absolute Gasteiger partial charge is 0.497 e. The second kappa shape index (κ2) is 9.05. The van der Waals surface area contributed by atoms with Crippen molar-refractivity contribution in [2.75, 3.05) is 38.3 Å². The molecule has 4 rings (SSSR count). The summed E-state index contributed by atoms with van der Waals surface area (Å²) in [4.78, 5) is 20.4. The van der Waals surface area contributed by atoms with Crippen LogP contribution in [0.15, 0.2) is 24.3 Å². The zero-order valence-corrected chi connectivity index (χ0v) is 18.7. The van der Waals surface area contributed by atoms with Crippen molar-refractivity contribution in [2.45, 2.75) is 38.8 Å². The topological polar surface area (TPSA) is 98.9 Å². The number of nitriles is 1. The maximum absolute atomic E-state index is 12.0. The fraction of sp³-hybridized carbons (Fsp3) is 0.458. The number of pyridine rings is 1. The highest BCUT2D eigenvalue weighted by Crippen LogP contribution is 2.36. The summed E-state index contributed by atoms with van der Waals surface area (Å²) in [6, 6.07) is 9.47. The Morgan fingerprint density at radius 1 is 1.28 bits per heavy atom. The van der Waals surface area contributed by atoms with E-state index in [1.54, 1.807) is 7.11 Å². The average molecular weight is 437 g/mol. The van der Waals surface area contributed by atoms with E-state index >= 15 is 0 Å². The van der Waals surface area contributed by atoms with Gasteiger partial charge < -0.3 is 19.5 Å². The van der Waals surface area contributed by atoms with Gasteiger partial charge in [0, 0.05) is 25.2 Å². The molecular weight excluding hydrogens is 408 g/mol. The smallest absolute Gasteiger partial charge is 0.407 e. The van der Waals surface area contributed by atoms with E-state index in [9.17, 15) is 15.2 Å². The van der Waals surface area contributed by atoms with Crippen LogP contribution in [-0.4, -0.2) is 54.4 Å². The quantitative estimate of drug-likeness (QED) is 0.780. The molecule has 0 radical (unpaired) electrons. The molecule has 2 aliphatic rings. The van der Waals surface area contributed by atoms with Gasteiger partial charge in [-0.25, -0.2) is 9.78 Å². The molecule has 1 fully saturated rings. The molecule has 0 spiro atoms. The number of aromatic nitrogens is 1. The van der Waals surface area contributed by atoms with Crippen molar-refractivity contribution in [3.8, 4) is 11.8 Å². The van der Waals surface area contributed by atoms with E-state index < -0.39 is 6.09 Å². The molecule has 0 saturated carbocycles. The average Bonchev–Trinajstić information content (AvgIpc) is 2.82. The molecule has 1 aromatic heterocycles. The van der Waals surface area contributed by atoms with Crippen LogP contribution in [0, 0.1) is 11.3 Å². The van der Waals surface area contributed by atoms with Crippen molar-refractivity contribution in [1.82, 2.24) is 9.88 Å². The fourth-order valence-corrected chi connectivity index (χ4v) is 4.60. The number of hydrogen-bond donors (Lipinski definition) is 1. The van der Waals surface area contributed by atoms with E-state index in [-0.39, 0.29) is 12.0 Å². The number of ether oxygens (including phenoxy) is 2. The van der Waals surface area contributed by atoms with Gasteiger partial charge in [-0.05, 0) is 35.6 Å². The summed E-state index contributed by atoms with van der Waals surface area (Å²) in [6.45, 7) is 6.48. The summed E-state index contributed by atoms with van der Waals surface area (Å²) in [5.41, 5.74) is 4.48. The van der Waals surface area contributed by atoms with Crippen molar-refractivity contribution in [3.05, 3.63) is 52.2 Å². The molecule has 32 heavy (non-hydrogen) atoms. The van der Waals surface area contributed by atoms with Crippen LogP contribution in [0.25, 0.3) is 0 Å². The number of benzene rings is 1. The van der Waals surface area contributed by atoms with Gasteiger partial charge in [0.05, 0.1) is 37.6 Å². The standard InChI is InChI=1S/C24H28N4O4/c1-15(2)22-20-14-32-11-8-18(20)19(12-25)23(26-22)27-9-10-28(24(29)30)21(13-27)16-4-6-17(31-3)7-5-16/h4-7,15,21H,8-11,13-14H2,1-3H3,(H,29,30). The molecule has 0 bridgehead atoms. The number of anilines is 1. The molecule has 1 saturated heterocycles. The number of carbonyl (C=O) groups is 1. The van der Waals surface area contributed by atoms with Crippen LogP contribution in [0.2, 0.25) is 0 Å². The Morgan fingerprint density at radius 3 is 2.66 bits per heavy atom. The van der Waals surface area contributed by atoms with Crippen molar-refractivity contribution in [1.29, 1.82) is 5.26 Å². The zero-order chi connectivity index (χ0) is 22.8. The van der Waals surface area contributed by atoms with Gasteiger partial charge in [-0.15, -0.1) is 0 Å². The Morgan fingerprint density at radius 2 is 2.03 bits per heavy atom. The molecule has 1 unspecified atom stereocenters. The molecule has 1 N–H and O–H groups in total. The molecule has 0 aliphatic carbocycles. The van der Waals surface area contributed by atoms with Crippen molar-refractivity contribution in [3.63, 3.8) is 0 Å². The molecule has 168 valence electrons. The lowest BCUT2D eigenvalue weighted by Gasteiger charge is -2.41. The number of piperazine rings is 1. The first-order valence-electron chi connectivity index (χ1n) is 10.9. The lowest BCUT2D eigenvalue weighted by Crippen LogP contribution is -2.51. The van der Waals surface area contributed by atoms with Crippen LogP contribution >= 0.6 is 0 Å². The molecule has 1 aromatic carbocycles. The van der Waals surface area contributed by atoms with Gasteiger partial charge in [0.2, 0.25) is 0 Å². The van der Waals surface area contributed by atoms with E-state index in [1.165, 1.54) is 4.90 Å². The fourth-order valence-electron chi connectivity index (χ4n) is 4.60. The number of rotatable bonds is 4. The predicted octanol–water partition coefficient (Wildman–Crippen LogP) is 3.70. The number of methoxy groups -OCH3 is 1. The van der Waals surface area contributed by atoms with Crippen molar-refractivity contribution < 1.29 is 19.4 Å². The summed E-state index contributed by atoms with van der Waals surface area (Å²) < 4.78 is 10.9. The summed E-state index contributed by atoms with van der Waals surface area (Å²) in [5, 5.41) is 19.8. The van der Waals surface area contributed by atoms with E-state index in [2.05, 4.69) is 24.8 Å². The van der Waals surface area contributed by atoms with Crippen molar-refractivity contribution in [2.24, 2.45) is 0 Å². The minimum Gasteiger partial charge on any atom is -0.497 e. The number of carboxylic acid groups (broad SMARTS) is 1. The van der Waals surface area contributed by atoms with Gasteiger partial charge in [-0.1, -0.05) is 26.0 Å². The van der Waals surface area contributed by atoms with Crippen LogP contribution in [0.3, 0.4) is 0 Å². The van der Waals surface area contributed by atoms with Crippen LogP contribution in [-0.2, 0) is 17.8 Å². The third-order valence-electron chi connectivity index (χ3n) is 6.25. The molecule has 3 heterocycles. The maximum atomic E-state index is 12.0. The van der Waals surface area contributed by atoms with Gasteiger partial charge in [-0.3, -0.25) is 4.90 Å². The molecule has 1 amide bonds. The Kier molecular flexibility index (Phi) is 6.19. The highest BCUT2D eigenvalue weighted by Gasteiger charge is 2.34. The number of fused-ring (bicyclic) bond motifs is 1. The third kappa shape index (κ3) is 3.96. The van der Waals surface area contributed by atoms with Gasteiger partial charge in [0.25, 0.3) is 0 Å². The molecule has 8 heteroatoms. The van der Waals surface area contributed by atoms with Crippen LogP contribution in [0.1, 0.15) is 53.8 Å². The molecular formula is C24H28N4O4. The Hall–Kier alpha value is -3.31. The highest BCUT2D eigenvalue weighted by molar-refractivity contribution is 5.68. The monoisotopic (exact) mass is 436 g/mol. The second-order valence-corrected chi connectivity index (χ2v) is 8.43. The Balaban J connectivity index is 1.75. The summed E-state index contributed by atoms with van der Waals surface area (Å²) in [6.07, 6.45) is -0.269.